The van der Waals surface area contributed by atoms with Crippen LogP contribution in [0.2, 0.25) is 0 Å². The number of aromatic hydroxyl groups is 1. The zero-order valence-corrected chi connectivity index (χ0v) is 13.5. The van der Waals surface area contributed by atoms with Crippen molar-refractivity contribution in [3.05, 3.63) is 59.1 Å². The number of phenolic OH excluding ortho intramolecular Hbond substituents is 1. The predicted octanol–water partition coefficient (Wildman–Crippen LogP) is 3.34. The maximum absolute atomic E-state index is 12.1. The lowest BCUT2D eigenvalue weighted by atomic mass is 10.2. The van der Waals surface area contributed by atoms with Gasteiger partial charge in [0, 0.05) is 13.6 Å². The first-order chi connectivity index (χ1) is 11.1. The van der Waals surface area contributed by atoms with E-state index in [4.69, 9.17) is 0 Å². The first-order valence-corrected chi connectivity index (χ1v) is 8.05. The summed E-state index contributed by atoms with van der Waals surface area (Å²) in [6, 6.07) is 14.6. The summed E-state index contributed by atoms with van der Waals surface area (Å²) in [5.41, 5.74) is 1.92. The Balaban J connectivity index is 1.56. The summed E-state index contributed by atoms with van der Waals surface area (Å²) >= 11 is 1.58. The molecule has 0 unspecified atom stereocenters. The van der Waals surface area contributed by atoms with Crippen LogP contribution in [0.4, 0.5) is 4.79 Å². The van der Waals surface area contributed by atoms with Crippen LogP contribution in [0.3, 0.4) is 0 Å². The summed E-state index contributed by atoms with van der Waals surface area (Å²) in [5.74, 6) is 0.219. The molecule has 0 saturated carbocycles. The minimum Gasteiger partial charge on any atom is -0.508 e. The quantitative estimate of drug-likeness (QED) is 0.772. The summed E-state index contributed by atoms with van der Waals surface area (Å²) in [6.45, 7) is 0.893. The van der Waals surface area contributed by atoms with E-state index < -0.39 is 0 Å². The molecule has 2 N–H and O–H groups in total. The molecular formula is C17H17N3O2S. The topological polar surface area (TPSA) is 65.5 Å². The first kappa shape index (κ1) is 15.3. The van der Waals surface area contributed by atoms with Crippen molar-refractivity contribution in [3.63, 3.8) is 0 Å². The van der Waals surface area contributed by atoms with Crippen LogP contribution in [0.25, 0.3) is 10.2 Å². The van der Waals surface area contributed by atoms with E-state index in [1.54, 1.807) is 47.5 Å². The van der Waals surface area contributed by atoms with Gasteiger partial charge in [-0.3, -0.25) is 0 Å². The van der Waals surface area contributed by atoms with E-state index in [2.05, 4.69) is 10.3 Å². The molecule has 0 aliphatic rings. The Morgan fingerprint density at radius 1 is 1.22 bits per heavy atom. The van der Waals surface area contributed by atoms with Gasteiger partial charge in [0.1, 0.15) is 10.8 Å². The van der Waals surface area contributed by atoms with Gasteiger partial charge < -0.3 is 15.3 Å². The lowest BCUT2D eigenvalue weighted by molar-refractivity contribution is 0.206. The van der Waals surface area contributed by atoms with Crippen LogP contribution in [-0.2, 0) is 13.1 Å². The number of carbonyl (C=O) groups excluding carboxylic acids is 1. The third-order valence-electron chi connectivity index (χ3n) is 3.43. The van der Waals surface area contributed by atoms with Crippen molar-refractivity contribution in [2.24, 2.45) is 0 Å². The van der Waals surface area contributed by atoms with Crippen molar-refractivity contribution in [3.8, 4) is 5.75 Å². The highest BCUT2D eigenvalue weighted by Gasteiger charge is 2.10. The molecule has 0 fully saturated rings. The lowest BCUT2D eigenvalue weighted by Crippen LogP contribution is -2.36. The van der Waals surface area contributed by atoms with Crippen LogP contribution in [0.1, 0.15) is 10.6 Å². The average molecular weight is 327 g/mol. The molecule has 1 heterocycles. The molecule has 1 aromatic heterocycles. The maximum atomic E-state index is 12.1. The molecule has 3 aromatic rings. The summed E-state index contributed by atoms with van der Waals surface area (Å²) in [5, 5.41) is 13.0. The van der Waals surface area contributed by atoms with Gasteiger partial charge in [0.25, 0.3) is 0 Å². The van der Waals surface area contributed by atoms with Gasteiger partial charge >= 0.3 is 6.03 Å². The van der Waals surface area contributed by atoms with E-state index in [0.29, 0.717) is 13.1 Å². The second-order valence-corrected chi connectivity index (χ2v) is 6.37. The van der Waals surface area contributed by atoms with Crippen LogP contribution in [0.15, 0.2) is 48.5 Å². The molecule has 118 valence electrons. The number of amides is 2. The number of hydrogen-bond donors (Lipinski definition) is 2. The number of rotatable bonds is 4. The first-order valence-electron chi connectivity index (χ1n) is 7.23. The predicted molar refractivity (Wildman–Crippen MR) is 91.4 cm³/mol. The molecule has 5 nitrogen and oxygen atoms in total. The Morgan fingerprint density at radius 2 is 1.96 bits per heavy atom. The number of urea groups is 1. The molecule has 0 spiro atoms. The van der Waals surface area contributed by atoms with Crippen molar-refractivity contribution in [1.29, 1.82) is 0 Å². The summed E-state index contributed by atoms with van der Waals surface area (Å²) in [7, 11) is 1.74. The number of aromatic nitrogens is 1. The Morgan fingerprint density at radius 3 is 2.70 bits per heavy atom. The summed E-state index contributed by atoms with van der Waals surface area (Å²) in [6.07, 6.45) is 0. The van der Waals surface area contributed by atoms with E-state index in [0.717, 1.165) is 20.8 Å². The number of phenols is 1. The van der Waals surface area contributed by atoms with Crippen molar-refractivity contribution >= 4 is 27.6 Å². The van der Waals surface area contributed by atoms with Crippen LogP contribution >= 0.6 is 11.3 Å². The van der Waals surface area contributed by atoms with Crippen LogP contribution in [-0.4, -0.2) is 28.1 Å². The Hall–Kier alpha value is -2.60. The fourth-order valence-electron chi connectivity index (χ4n) is 2.23. The molecule has 2 aromatic carbocycles. The number of nitrogens with zero attached hydrogens (tertiary/aromatic N) is 2. The number of thiazole rings is 1. The number of carbonyl (C=O) groups is 1. The molecular weight excluding hydrogens is 310 g/mol. The lowest BCUT2D eigenvalue weighted by Gasteiger charge is -2.17. The van der Waals surface area contributed by atoms with Gasteiger partial charge in [0.15, 0.2) is 0 Å². The highest BCUT2D eigenvalue weighted by molar-refractivity contribution is 7.18. The van der Waals surface area contributed by atoms with Crippen LogP contribution in [0, 0.1) is 0 Å². The Labute approximate surface area is 138 Å². The second-order valence-electron chi connectivity index (χ2n) is 5.26. The summed E-state index contributed by atoms with van der Waals surface area (Å²) in [4.78, 5) is 18.2. The van der Waals surface area contributed by atoms with Gasteiger partial charge in [-0.15, -0.1) is 11.3 Å². The van der Waals surface area contributed by atoms with Gasteiger partial charge in [-0.05, 0) is 29.8 Å². The maximum Gasteiger partial charge on any atom is 0.317 e. The van der Waals surface area contributed by atoms with Gasteiger partial charge in [-0.1, -0.05) is 24.3 Å². The number of para-hydroxylation sites is 1. The smallest absolute Gasteiger partial charge is 0.317 e. The molecule has 3 rings (SSSR count). The number of nitrogens with one attached hydrogen (secondary N) is 1. The zero-order valence-electron chi connectivity index (χ0n) is 12.7. The minimum absolute atomic E-state index is 0.155. The number of benzene rings is 2. The van der Waals surface area contributed by atoms with Crippen molar-refractivity contribution in [2.45, 2.75) is 13.1 Å². The molecule has 0 bridgehead atoms. The van der Waals surface area contributed by atoms with E-state index in [-0.39, 0.29) is 11.8 Å². The summed E-state index contributed by atoms with van der Waals surface area (Å²) < 4.78 is 1.12. The van der Waals surface area contributed by atoms with E-state index >= 15 is 0 Å². The number of hydrogen-bond acceptors (Lipinski definition) is 4. The molecule has 0 saturated heterocycles. The Kier molecular flexibility index (Phi) is 4.43. The van der Waals surface area contributed by atoms with Gasteiger partial charge in [-0.2, -0.15) is 0 Å². The number of fused-ring (bicyclic) bond motifs is 1. The monoisotopic (exact) mass is 327 g/mol. The van der Waals surface area contributed by atoms with Gasteiger partial charge in [0.05, 0.1) is 16.8 Å². The SMILES string of the molecule is CN(Cc1ccc(O)cc1)C(=O)NCc1nc2ccccc2s1. The van der Waals surface area contributed by atoms with Crippen LogP contribution < -0.4 is 5.32 Å². The van der Waals surface area contributed by atoms with Crippen LogP contribution in [0.5, 0.6) is 5.75 Å². The fraction of sp³-hybridized carbons (Fsp3) is 0.176. The third kappa shape index (κ3) is 3.78. The second kappa shape index (κ2) is 6.66. The molecule has 6 heteroatoms. The third-order valence-corrected chi connectivity index (χ3v) is 4.47. The minimum atomic E-state index is -0.155. The highest BCUT2D eigenvalue weighted by atomic mass is 32.1. The van der Waals surface area contributed by atoms with Gasteiger partial charge in [0.2, 0.25) is 0 Å². The van der Waals surface area contributed by atoms with Crippen molar-refractivity contribution < 1.29 is 9.90 Å². The normalized spacial score (nSPS) is 10.7. The van der Waals surface area contributed by atoms with E-state index in [9.17, 15) is 9.90 Å². The fourth-order valence-corrected chi connectivity index (χ4v) is 3.14. The Bertz CT molecular complexity index is 781. The molecule has 23 heavy (non-hydrogen) atoms. The molecule has 0 radical (unpaired) electrons. The van der Waals surface area contributed by atoms with Crippen molar-refractivity contribution in [2.75, 3.05) is 7.05 Å². The van der Waals surface area contributed by atoms with E-state index in [1.165, 1.54) is 0 Å². The van der Waals surface area contributed by atoms with Gasteiger partial charge in [-0.25, -0.2) is 9.78 Å². The standard InChI is InChI=1S/C17H17N3O2S/c1-20(11-12-6-8-13(21)9-7-12)17(22)18-10-16-19-14-4-2-3-5-15(14)23-16/h2-9,21H,10-11H2,1H3,(H,18,22). The van der Waals surface area contributed by atoms with Crippen molar-refractivity contribution in [1.82, 2.24) is 15.2 Å². The van der Waals surface area contributed by atoms with E-state index in [1.807, 2.05) is 24.3 Å². The molecule has 2 amide bonds. The average Bonchev–Trinajstić information content (AvgIpc) is 2.97. The zero-order chi connectivity index (χ0) is 16.2. The molecule has 0 atom stereocenters. The highest BCUT2D eigenvalue weighted by Crippen LogP contribution is 2.21. The molecule has 0 aliphatic heterocycles. The molecule has 0 aliphatic carbocycles. The largest absolute Gasteiger partial charge is 0.508 e.